The molecule has 0 bridgehead atoms. The summed E-state index contributed by atoms with van der Waals surface area (Å²) < 4.78 is 5.71. The molecule has 0 atom stereocenters. The number of nitrogens with zero attached hydrogens (tertiary/aromatic N) is 1. The third kappa shape index (κ3) is 2.38. The van der Waals surface area contributed by atoms with Gasteiger partial charge in [0.25, 0.3) is 0 Å². The number of ether oxygens (including phenoxy) is 1. The summed E-state index contributed by atoms with van der Waals surface area (Å²) in [5.74, 6) is 1.52. The minimum atomic E-state index is 0.377. The minimum absolute atomic E-state index is 0.377. The second-order valence-electron chi connectivity index (χ2n) is 3.57. The van der Waals surface area contributed by atoms with Crippen molar-refractivity contribution in [1.82, 2.24) is 4.98 Å². The lowest BCUT2D eigenvalue weighted by Crippen LogP contribution is -2.01. The summed E-state index contributed by atoms with van der Waals surface area (Å²) in [6, 6.07) is 11.6. The Morgan fingerprint density at radius 1 is 1.19 bits per heavy atom. The van der Waals surface area contributed by atoms with Gasteiger partial charge in [-0.15, -0.1) is 0 Å². The maximum absolute atomic E-state index is 5.71. The molecule has 1 aromatic heterocycles. The van der Waals surface area contributed by atoms with Crippen molar-refractivity contribution in [2.45, 2.75) is 13.5 Å². The highest BCUT2D eigenvalue weighted by atomic mass is 16.5. The molecular weight excluding hydrogens is 200 g/mol. The fraction of sp³-hybridized carbons (Fsp3) is 0.154. The molecule has 3 nitrogen and oxygen atoms in total. The molecule has 0 unspecified atom stereocenters. The monoisotopic (exact) mass is 214 g/mol. The first-order valence-corrected chi connectivity index (χ1v) is 5.18. The van der Waals surface area contributed by atoms with Gasteiger partial charge < -0.3 is 10.5 Å². The predicted molar refractivity (Wildman–Crippen MR) is 63.4 cm³/mol. The number of rotatable bonds is 3. The molecular formula is C13H14N2O. The second kappa shape index (κ2) is 4.77. The van der Waals surface area contributed by atoms with Crippen molar-refractivity contribution in [3.63, 3.8) is 0 Å². The van der Waals surface area contributed by atoms with Crippen LogP contribution in [0.25, 0.3) is 0 Å². The SMILES string of the molecule is Cc1ccc(Oc2cccnc2CN)cc1. The molecule has 16 heavy (non-hydrogen) atoms. The van der Waals surface area contributed by atoms with Gasteiger partial charge in [0.2, 0.25) is 0 Å². The fourth-order valence-corrected chi connectivity index (χ4v) is 1.40. The van der Waals surface area contributed by atoms with Gasteiger partial charge in [-0.2, -0.15) is 0 Å². The number of benzene rings is 1. The summed E-state index contributed by atoms with van der Waals surface area (Å²) >= 11 is 0. The van der Waals surface area contributed by atoms with Crippen LogP contribution in [0.2, 0.25) is 0 Å². The van der Waals surface area contributed by atoms with Crippen molar-refractivity contribution >= 4 is 0 Å². The van der Waals surface area contributed by atoms with Crippen LogP contribution in [0, 0.1) is 6.92 Å². The van der Waals surface area contributed by atoms with Gasteiger partial charge in [-0.05, 0) is 31.2 Å². The highest BCUT2D eigenvalue weighted by Gasteiger charge is 2.03. The van der Waals surface area contributed by atoms with Crippen molar-refractivity contribution in [3.05, 3.63) is 53.9 Å². The third-order valence-electron chi connectivity index (χ3n) is 2.29. The fourth-order valence-electron chi connectivity index (χ4n) is 1.40. The Bertz CT molecular complexity index is 466. The number of aromatic nitrogens is 1. The number of nitrogens with two attached hydrogens (primary N) is 1. The molecule has 0 fully saturated rings. The van der Waals surface area contributed by atoms with Crippen LogP contribution in [0.3, 0.4) is 0 Å². The highest BCUT2D eigenvalue weighted by molar-refractivity contribution is 5.34. The first kappa shape index (κ1) is 10.6. The van der Waals surface area contributed by atoms with E-state index in [0.717, 1.165) is 11.4 Å². The number of pyridine rings is 1. The Kier molecular flexibility index (Phi) is 3.17. The molecule has 0 amide bonds. The zero-order chi connectivity index (χ0) is 11.4. The lowest BCUT2D eigenvalue weighted by Gasteiger charge is -2.08. The van der Waals surface area contributed by atoms with Gasteiger partial charge in [0, 0.05) is 12.7 Å². The lowest BCUT2D eigenvalue weighted by molar-refractivity contribution is 0.472. The molecule has 2 N–H and O–H groups in total. The first-order chi connectivity index (χ1) is 7.79. The topological polar surface area (TPSA) is 48.1 Å². The van der Waals surface area contributed by atoms with E-state index >= 15 is 0 Å². The van der Waals surface area contributed by atoms with Gasteiger partial charge in [-0.3, -0.25) is 4.98 Å². The molecule has 1 aromatic carbocycles. The largest absolute Gasteiger partial charge is 0.455 e. The Labute approximate surface area is 94.9 Å². The molecule has 0 saturated carbocycles. The molecule has 3 heteroatoms. The average molecular weight is 214 g/mol. The summed E-state index contributed by atoms with van der Waals surface area (Å²) in [5.41, 5.74) is 7.56. The maximum atomic E-state index is 5.71. The normalized spacial score (nSPS) is 10.1. The molecule has 0 saturated heterocycles. The van der Waals surface area contributed by atoms with Gasteiger partial charge in [0.05, 0.1) is 5.69 Å². The van der Waals surface area contributed by atoms with Crippen LogP contribution in [0.5, 0.6) is 11.5 Å². The Hall–Kier alpha value is -1.87. The van der Waals surface area contributed by atoms with E-state index < -0.39 is 0 Å². The summed E-state index contributed by atoms with van der Waals surface area (Å²) in [6.07, 6.45) is 1.71. The molecule has 0 spiro atoms. The van der Waals surface area contributed by atoms with E-state index in [-0.39, 0.29) is 0 Å². The van der Waals surface area contributed by atoms with E-state index in [1.54, 1.807) is 6.20 Å². The smallest absolute Gasteiger partial charge is 0.150 e. The minimum Gasteiger partial charge on any atom is -0.455 e. The van der Waals surface area contributed by atoms with Crippen molar-refractivity contribution in [1.29, 1.82) is 0 Å². The van der Waals surface area contributed by atoms with Gasteiger partial charge in [-0.1, -0.05) is 17.7 Å². The predicted octanol–water partition coefficient (Wildman–Crippen LogP) is 2.64. The summed E-state index contributed by atoms with van der Waals surface area (Å²) in [7, 11) is 0. The molecule has 0 aliphatic carbocycles. The number of hydrogen-bond donors (Lipinski definition) is 1. The molecule has 0 aliphatic heterocycles. The van der Waals surface area contributed by atoms with Crippen LogP contribution in [-0.4, -0.2) is 4.98 Å². The Morgan fingerprint density at radius 2 is 1.94 bits per heavy atom. The average Bonchev–Trinajstić information content (AvgIpc) is 2.33. The second-order valence-corrected chi connectivity index (χ2v) is 3.57. The third-order valence-corrected chi connectivity index (χ3v) is 2.29. The molecule has 0 aliphatic rings. The van der Waals surface area contributed by atoms with Crippen molar-refractivity contribution in [2.24, 2.45) is 5.73 Å². The van der Waals surface area contributed by atoms with Crippen molar-refractivity contribution in [2.75, 3.05) is 0 Å². The molecule has 1 heterocycles. The van der Waals surface area contributed by atoms with Gasteiger partial charge in [0.15, 0.2) is 0 Å². The first-order valence-electron chi connectivity index (χ1n) is 5.18. The quantitative estimate of drug-likeness (QED) is 0.854. The standard InChI is InChI=1S/C13H14N2O/c1-10-4-6-11(7-5-10)16-13-3-2-8-15-12(13)9-14/h2-8H,9,14H2,1H3. The summed E-state index contributed by atoms with van der Waals surface area (Å²) in [4.78, 5) is 4.16. The molecule has 2 rings (SSSR count). The molecule has 82 valence electrons. The Balaban J connectivity index is 2.23. The van der Waals surface area contributed by atoms with Crippen LogP contribution >= 0.6 is 0 Å². The van der Waals surface area contributed by atoms with Crippen molar-refractivity contribution < 1.29 is 4.74 Å². The summed E-state index contributed by atoms with van der Waals surface area (Å²) in [6.45, 7) is 2.42. The van der Waals surface area contributed by atoms with E-state index in [2.05, 4.69) is 4.98 Å². The van der Waals surface area contributed by atoms with Crippen LogP contribution in [0.1, 0.15) is 11.3 Å². The lowest BCUT2D eigenvalue weighted by atomic mass is 10.2. The van der Waals surface area contributed by atoms with E-state index in [1.807, 2.05) is 43.3 Å². The van der Waals surface area contributed by atoms with Gasteiger partial charge >= 0.3 is 0 Å². The van der Waals surface area contributed by atoms with E-state index in [0.29, 0.717) is 12.3 Å². The number of aryl methyl sites for hydroxylation is 1. The van der Waals surface area contributed by atoms with Crippen LogP contribution < -0.4 is 10.5 Å². The molecule has 2 aromatic rings. The van der Waals surface area contributed by atoms with E-state index in [1.165, 1.54) is 5.56 Å². The zero-order valence-corrected chi connectivity index (χ0v) is 9.18. The van der Waals surface area contributed by atoms with Crippen LogP contribution in [0.4, 0.5) is 0 Å². The number of hydrogen-bond acceptors (Lipinski definition) is 3. The highest BCUT2D eigenvalue weighted by Crippen LogP contribution is 2.23. The van der Waals surface area contributed by atoms with Crippen LogP contribution in [-0.2, 0) is 6.54 Å². The van der Waals surface area contributed by atoms with E-state index in [9.17, 15) is 0 Å². The summed E-state index contributed by atoms with van der Waals surface area (Å²) in [5, 5.41) is 0. The van der Waals surface area contributed by atoms with Crippen molar-refractivity contribution in [3.8, 4) is 11.5 Å². The van der Waals surface area contributed by atoms with Gasteiger partial charge in [0.1, 0.15) is 11.5 Å². The van der Waals surface area contributed by atoms with Crippen LogP contribution in [0.15, 0.2) is 42.6 Å². The zero-order valence-electron chi connectivity index (χ0n) is 9.18. The maximum Gasteiger partial charge on any atom is 0.150 e. The van der Waals surface area contributed by atoms with E-state index in [4.69, 9.17) is 10.5 Å². The van der Waals surface area contributed by atoms with Gasteiger partial charge in [-0.25, -0.2) is 0 Å². The Morgan fingerprint density at radius 3 is 2.62 bits per heavy atom. The molecule has 0 radical (unpaired) electrons.